The summed E-state index contributed by atoms with van der Waals surface area (Å²) in [5.41, 5.74) is 1.83. The lowest BCUT2D eigenvalue weighted by Crippen LogP contribution is -2.32. The number of methoxy groups -OCH3 is 1. The molecule has 2 aromatic carbocycles. The van der Waals surface area contributed by atoms with Crippen LogP contribution in [0, 0.1) is 0 Å². The summed E-state index contributed by atoms with van der Waals surface area (Å²) in [6.45, 7) is 0. The van der Waals surface area contributed by atoms with Gasteiger partial charge in [-0.15, -0.1) is 0 Å². The van der Waals surface area contributed by atoms with Gasteiger partial charge >= 0.3 is 0 Å². The molecule has 0 aromatic heterocycles. The van der Waals surface area contributed by atoms with Gasteiger partial charge in [0.05, 0.1) is 7.11 Å². The Morgan fingerprint density at radius 2 is 1.64 bits per heavy atom. The summed E-state index contributed by atoms with van der Waals surface area (Å²) < 4.78 is 5.10. The second kappa shape index (κ2) is 9.08. The molecule has 0 saturated heterocycles. The van der Waals surface area contributed by atoms with Crippen LogP contribution >= 0.6 is 0 Å². The summed E-state index contributed by atoms with van der Waals surface area (Å²) >= 11 is 0. The molecule has 2 amide bonds. The van der Waals surface area contributed by atoms with E-state index in [1.807, 2.05) is 30.3 Å². The van der Waals surface area contributed by atoms with Gasteiger partial charge in [-0.1, -0.05) is 42.5 Å². The van der Waals surface area contributed by atoms with Crippen LogP contribution in [0.3, 0.4) is 0 Å². The maximum atomic E-state index is 12.1. The SMILES string of the molecule is CNC(=O)C(=Cc1ccc(OC)cc1)NC(=O)C=Cc1ccccc1. The number of carbonyl (C=O) groups is 2. The zero-order valence-corrected chi connectivity index (χ0v) is 14.2. The average Bonchev–Trinajstić information content (AvgIpc) is 2.66. The molecule has 2 N–H and O–H groups in total. The zero-order valence-electron chi connectivity index (χ0n) is 14.2. The number of hydrogen-bond donors (Lipinski definition) is 2. The van der Waals surface area contributed by atoms with Gasteiger partial charge in [-0.2, -0.15) is 0 Å². The van der Waals surface area contributed by atoms with Gasteiger partial charge in [-0.3, -0.25) is 9.59 Å². The van der Waals surface area contributed by atoms with E-state index in [1.54, 1.807) is 43.5 Å². The fraction of sp³-hybridized carbons (Fsp3) is 0.100. The number of ether oxygens (including phenoxy) is 1. The van der Waals surface area contributed by atoms with Crippen molar-refractivity contribution in [2.75, 3.05) is 14.2 Å². The Morgan fingerprint density at radius 3 is 2.24 bits per heavy atom. The molecule has 2 aromatic rings. The van der Waals surface area contributed by atoms with Crippen molar-refractivity contribution in [2.24, 2.45) is 0 Å². The molecule has 0 heterocycles. The van der Waals surface area contributed by atoms with Crippen LogP contribution < -0.4 is 15.4 Å². The maximum Gasteiger partial charge on any atom is 0.267 e. The number of amides is 2. The van der Waals surface area contributed by atoms with Crippen LogP contribution in [0.1, 0.15) is 11.1 Å². The van der Waals surface area contributed by atoms with E-state index in [-0.39, 0.29) is 17.5 Å². The van der Waals surface area contributed by atoms with E-state index in [2.05, 4.69) is 10.6 Å². The maximum absolute atomic E-state index is 12.1. The van der Waals surface area contributed by atoms with Gasteiger partial charge in [0.25, 0.3) is 5.91 Å². The number of likely N-dealkylation sites (N-methyl/N-ethyl adjacent to an activating group) is 1. The van der Waals surface area contributed by atoms with E-state index < -0.39 is 0 Å². The topological polar surface area (TPSA) is 67.4 Å². The average molecular weight is 336 g/mol. The number of benzene rings is 2. The summed E-state index contributed by atoms with van der Waals surface area (Å²) in [4.78, 5) is 24.1. The Morgan fingerprint density at radius 1 is 0.960 bits per heavy atom. The number of carbonyl (C=O) groups excluding carboxylic acids is 2. The first kappa shape index (κ1) is 18.0. The van der Waals surface area contributed by atoms with Crippen LogP contribution in [-0.4, -0.2) is 26.0 Å². The Hall–Kier alpha value is -3.34. The minimum absolute atomic E-state index is 0.162. The molecule has 5 heteroatoms. The van der Waals surface area contributed by atoms with Crippen molar-refractivity contribution in [3.8, 4) is 5.75 Å². The van der Waals surface area contributed by atoms with Crippen molar-refractivity contribution in [3.05, 3.63) is 77.5 Å². The van der Waals surface area contributed by atoms with Gasteiger partial charge < -0.3 is 15.4 Å². The fourth-order valence-electron chi connectivity index (χ4n) is 2.07. The molecular formula is C20H20N2O3. The Kier molecular flexibility index (Phi) is 6.54. The lowest BCUT2D eigenvalue weighted by atomic mass is 10.1. The third kappa shape index (κ3) is 5.66. The first-order valence-corrected chi connectivity index (χ1v) is 7.74. The van der Waals surface area contributed by atoms with Crippen LogP contribution in [0.4, 0.5) is 0 Å². The van der Waals surface area contributed by atoms with Gasteiger partial charge in [0.1, 0.15) is 11.4 Å². The van der Waals surface area contributed by atoms with Gasteiger partial charge in [-0.25, -0.2) is 0 Å². The highest BCUT2D eigenvalue weighted by atomic mass is 16.5. The van der Waals surface area contributed by atoms with Crippen molar-refractivity contribution < 1.29 is 14.3 Å². The van der Waals surface area contributed by atoms with Gasteiger partial charge in [0.15, 0.2) is 0 Å². The molecule has 0 radical (unpaired) electrons. The van der Waals surface area contributed by atoms with E-state index >= 15 is 0 Å². The molecule has 25 heavy (non-hydrogen) atoms. The molecule has 0 atom stereocenters. The molecule has 0 aliphatic carbocycles. The Balaban J connectivity index is 2.14. The van der Waals surface area contributed by atoms with Gasteiger partial charge in [0.2, 0.25) is 5.91 Å². The summed E-state index contributed by atoms with van der Waals surface area (Å²) in [6, 6.07) is 16.6. The lowest BCUT2D eigenvalue weighted by Gasteiger charge is -2.07. The molecule has 0 bridgehead atoms. The number of nitrogens with one attached hydrogen (secondary N) is 2. The molecule has 0 fully saturated rings. The van der Waals surface area contributed by atoms with Crippen molar-refractivity contribution >= 4 is 24.0 Å². The molecule has 128 valence electrons. The van der Waals surface area contributed by atoms with Crippen molar-refractivity contribution in [1.82, 2.24) is 10.6 Å². The van der Waals surface area contributed by atoms with Gasteiger partial charge in [-0.05, 0) is 35.4 Å². The molecule has 0 saturated carbocycles. The fourth-order valence-corrected chi connectivity index (χ4v) is 2.07. The van der Waals surface area contributed by atoms with E-state index in [0.29, 0.717) is 5.75 Å². The predicted octanol–water partition coefficient (Wildman–Crippen LogP) is 2.61. The van der Waals surface area contributed by atoms with Crippen molar-refractivity contribution in [3.63, 3.8) is 0 Å². The third-order valence-corrected chi connectivity index (χ3v) is 3.38. The summed E-state index contributed by atoms with van der Waals surface area (Å²) in [7, 11) is 3.09. The van der Waals surface area contributed by atoms with E-state index in [1.165, 1.54) is 13.1 Å². The second-order valence-electron chi connectivity index (χ2n) is 5.14. The number of hydrogen-bond acceptors (Lipinski definition) is 3. The molecule has 2 rings (SSSR count). The lowest BCUT2D eigenvalue weighted by molar-refractivity contribution is -0.120. The highest BCUT2D eigenvalue weighted by Crippen LogP contribution is 2.13. The molecule has 0 aliphatic heterocycles. The van der Waals surface area contributed by atoms with E-state index in [4.69, 9.17) is 4.74 Å². The predicted molar refractivity (Wildman–Crippen MR) is 98.7 cm³/mol. The first-order chi connectivity index (χ1) is 12.1. The van der Waals surface area contributed by atoms with Crippen LogP contribution in [0.25, 0.3) is 12.2 Å². The Labute approximate surface area is 147 Å². The molecular weight excluding hydrogens is 316 g/mol. The van der Waals surface area contributed by atoms with Crippen molar-refractivity contribution in [2.45, 2.75) is 0 Å². The van der Waals surface area contributed by atoms with Crippen LogP contribution in [0.15, 0.2) is 66.4 Å². The second-order valence-corrected chi connectivity index (χ2v) is 5.14. The van der Waals surface area contributed by atoms with Crippen molar-refractivity contribution in [1.29, 1.82) is 0 Å². The molecule has 0 unspecified atom stereocenters. The number of rotatable bonds is 6. The summed E-state index contributed by atoms with van der Waals surface area (Å²) in [5.74, 6) is -0.0435. The zero-order chi connectivity index (χ0) is 18.1. The molecule has 0 aliphatic rings. The minimum atomic E-state index is -0.382. The monoisotopic (exact) mass is 336 g/mol. The molecule has 5 nitrogen and oxygen atoms in total. The minimum Gasteiger partial charge on any atom is -0.497 e. The van der Waals surface area contributed by atoms with Crippen LogP contribution in [0.2, 0.25) is 0 Å². The third-order valence-electron chi connectivity index (χ3n) is 3.38. The summed E-state index contributed by atoms with van der Waals surface area (Å²) in [5, 5.41) is 5.12. The smallest absolute Gasteiger partial charge is 0.267 e. The van der Waals surface area contributed by atoms with E-state index in [0.717, 1.165) is 11.1 Å². The first-order valence-electron chi connectivity index (χ1n) is 7.74. The standard InChI is InChI=1S/C20H20N2O3/c1-21-20(24)18(14-16-8-11-17(25-2)12-9-16)22-19(23)13-10-15-6-4-3-5-7-15/h3-14H,1-2H3,(H,21,24)(H,22,23). The summed E-state index contributed by atoms with van der Waals surface area (Å²) in [6.07, 6.45) is 4.68. The highest BCUT2D eigenvalue weighted by molar-refractivity contribution is 6.04. The highest BCUT2D eigenvalue weighted by Gasteiger charge is 2.10. The van der Waals surface area contributed by atoms with Gasteiger partial charge in [0, 0.05) is 13.1 Å². The normalized spacial score (nSPS) is 11.2. The molecule has 0 spiro atoms. The quantitative estimate of drug-likeness (QED) is 0.797. The largest absolute Gasteiger partial charge is 0.497 e. The Bertz CT molecular complexity index is 778. The van der Waals surface area contributed by atoms with E-state index in [9.17, 15) is 9.59 Å². The van der Waals surface area contributed by atoms with Crippen LogP contribution in [0.5, 0.6) is 5.75 Å². The van der Waals surface area contributed by atoms with Crippen LogP contribution in [-0.2, 0) is 9.59 Å².